The Morgan fingerprint density at radius 1 is 0.941 bits per heavy atom. The highest BCUT2D eigenvalue weighted by Crippen LogP contribution is 2.30. The van der Waals surface area contributed by atoms with E-state index in [1.165, 1.54) is 37.3 Å². The molecular formula is C21H20N6O6S. The number of carbonyl (C=O) groups excluding carboxylic acids is 2. The van der Waals surface area contributed by atoms with Crippen LogP contribution in [0.25, 0.3) is 0 Å². The highest BCUT2D eigenvalue weighted by atomic mass is 32.2. The van der Waals surface area contributed by atoms with E-state index in [9.17, 15) is 18.0 Å². The summed E-state index contributed by atoms with van der Waals surface area (Å²) in [6, 6.07) is 11.6. The molecule has 3 aromatic rings. The first kappa shape index (κ1) is 22.9. The molecule has 12 nitrogen and oxygen atoms in total. The van der Waals surface area contributed by atoms with E-state index >= 15 is 0 Å². The lowest BCUT2D eigenvalue weighted by atomic mass is 10.1. The van der Waals surface area contributed by atoms with Crippen LogP contribution < -0.4 is 24.4 Å². The SMILES string of the molecule is COc1nc(NC(=O)NS(=O)(=O)c2ccccc2C(=O)N2CCc3ccccc32)nc(OC)n1. The monoisotopic (exact) mass is 484 g/mol. The highest BCUT2D eigenvalue weighted by Gasteiger charge is 2.30. The van der Waals surface area contributed by atoms with Crippen LogP contribution in [-0.4, -0.2) is 56.1 Å². The van der Waals surface area contributed by atoms with Crippen molar-refractivity contribution in [1.82, 2.24) is 19.7 Å². The van der Waals surface area contributed by atoms with Crippen molar-refractivity contribution in [2.45, 2.75) is 11.3 Å². The van der Waals surface area contributed by atoms with E-state index in [0.717, 1.165) is 11.3 Å². The zero-order valence-corrected chi connectivity index (χ0v) is 19.0. The molecule has 1 aliphatic rings. The van der Waals surface area contributed by atoms with Gasteiger partial charge in [0.25, 0.3) is 15.9 Å². The zero-order chi connectivity index (χ0) is 24.3. The number of hydrogen-bond donors (Lipinski definition) is 2. The summed E-state index contributed by atoms with van der Waals surface area (Å²) < 4.78 is 37.7. The second-order valence-electron chi connectivity index (χ2n) is 7.02. The number of nitrogens with one attached hydrogen (secondary N) is 2. The van der Waals surface area contributed by atoms with Gasteiger partial charge in [-0.05, 0) is 30.2 Å². The van der Waals surface area contributed by atoms with Crippen molar-refractivity contribution < 1.29 is 27.5 Å². The number of methoxy groups -OCH3 is 2. The molecule has 2 N–H and O–H groups in total. The van der Waals surface area contributed by atoms with Crippen LogP contribution in [0.5, 0.6) is 12.0 Å². The largest absolute Gasteiger partial charge is 0.467 e. The molecule has 0 unspecified atom stereocenters. The molecule has 0 radical (unpaired) electrons. The van der Waals surface area contributed by atoms with Crippen LogP contribution in [0.1, 0.15) is 15.9 Å². The van der Waals surface area contributed by atoms with Crippen molar-refractivity contribution in [3.05, 3.63) is 59.7 Å². The van der Waals surface area contributed by atoms with E-state index in [1.54, 1.807) is 12.1 Å². The topological polar surface area (TPSA) is 153 Å². The van der Waals surface area contributed by atoms with E-state index in [0.29, 0.717) is 13.0 Å². The summed E-state index contributed by atoms with van der Waals surface area (Å²) in [5.74, 6) is -0.785. The first-order valence-electron chi connectivity index (χ1n) is 9.99. The quantitative estimate of drug-likeness (QED) is 0.531. The van der Waals surface area contributed by atoms with Gasteiger partial charge in [0.15, 0.2) is 0 Å². The lowest BCUT2D eigenvalue weighted by Crippen LogP contribution is -2.37. The predicted molar refractivity (Wildman–Crippen MR) is 121 cm³/mol. The fourth-order valence-corrected chi connectivity index (χ4v) is 4.56. The molecule has 0 atom stereocenters. The van der Waals surface area contributed by atoms with Gasteiger partial charge in [-0.3, -0.25) is 10.1 Å². The summed E-state index contributed by atoms with van der Waals surface area (Å²) in [5, 5.41) is 2.19. The third-order valence-corrected chi connectivity index (χ3v) is 6.34. The number of anilines is 2. The molecule has 2 aromatic carbocycles. The number of fused-ring (bicyclic) bond motifs is 1. The molecule has 0 saturated heterocycles. The molecule has 0 spiro atoms. The Morgan fingerprint density at radius 2 is 1.59 bits per heavy atom. The van der Waals surface area contributed by atoms with E-state index in [4.69, 9.17) is 9.47 Å². The molecule has 4 rings (SSSR count). The van der Waals surface area contributed by atoms with Gasteiger partial charge in [0, 0.05) is 12.2 Å². The Balaban J connectivity index is 1.57. The lowest BCUT2D eigenvalue weighted by Gasteiger charge is -2.19. The minimum Gasteiger partial charge on any atom is -0.467 e. The Morgan fingerprint density at radius 3 is 2.29 bits per heavy atom. The van der Waals surface area contributed by atoms with Gasteiger partial charge >= 0.3 is 18.1 Å². The molecule has 0 bridgehead atoms. The van der Waals surface area contributed by atoms with E-state index < -0.39 is 22.0 Å². The molecule has 0 fully saturated rings. The molecule has 2 heterocycles. The first-order chi connectivity index (χ1) is 16.3. The third kappa shape index (κ3) is 4.59. The number of urea groups is 1. The number of ether oxygens (including phenoxy) is 2. The van der Waals surface area contributed by atoms with E-state index in [-0.39, 0.29) is 28.4 Å². The summed E-state index contributed by atoms with van der Waals surface area (Å²) in [6.07, 6.45) is 0.663. The average molecular weight is 484 g/mol. The number of amides is 3. The number of aromatic nitrogens is 3. The maximum atomic E-state index is 13.3. The van der Waals surface area contributed by atoms with Gasteiger partial charge in [0.2, 0.25) is 5.95 Å². The predicted octanol–water partition coefficient (Wildman–Crippen LogP) is 1.60. The van der Waals surface area contributed by atoms with Gasteiger partial charge in [-0.15, -0.1) is 4.98 Å². The van der Waals surface area contributed by atoms with Crippen molar-refractivity contribution >= 4 is 33.6 Å². The van der Waals surface area contributed by atoms with Gasteiger partial charge < -0.3 is 14.4 Å². The van der Waals surface area contributed by atoms with Gasteiger partial charge in [-0.2, -0.15) is 9.97 Å². The standard InChI is InChI=1S/C21H20N6O6S/c1-32-20-23-18(24-21(25-20)33-2)22-19(29)26-34(30,31)16-10-6-4-8-14(16)17(28)27-12-11-13-7-3-5-9-15(13)27/h3-10H,11-12H2,1-2H3,(H2,22,23,24,25,26,29). The third-order valence-electron chi connectivity index (χ3n) is 4.95. The molecule has 3 amide bonds. The van der Waals surface area contributed by atoms with Crippen LogP contribution in [0.4, 0.5) is 16.4 Å². The fourth-order valence-electron chi connectivity index (χ4n) is 3.45. The summed E-state index contributed by atoms with van der Waals surface area (Å²) in [7, 11) is -1.83. The number of para-hydroxylation sites is 1. The second-order valence-corrected chi connectivity index (χ2v) is 8.67. The molecule has 0 aliphatic carbocycles. The Hall–Kier alpha value is -4.26. The summed E-state index contributed by atoms with van der Waals surface area (Å²) in [5.41, 5.74) is 1.66. The molecular weight excluding hydrogens is 464 g/mol. The summed E-state index contributed by atoms with van der Waals surface area (Å²) >= 11 is 0. The Labute approximate surface area is 195 Å². The molecule has 176 valence electrons. The van der Waals surface area contributed by atoms with Gasteiger partial charge in [-0.25, -0.2) is 17.9 Å². The van der Waals surface area contributed by atoms with Crippen LogP contribution in [0, 0.1) is 0 Å². The summed E-state index contributed by atoms with van der Waals surface area (Å²) in [4.78, 5) is 38.3. The minimum absolute atomic E-state index is 0.0667. The number of hydrogen-bond acceptors (Lipinski definition) is 9. The van der Waals surface area contributed by atoms with Crippen LogP contribution in [0.3, 0.4) is 0 Å². The molecule has 1 aromatic heterocycles. The fraction of sp³-hybridized carbons (Fsp3) is 0.190. The van der Waals surface area contributed by atoms with Crippen molar-refractivity contribution in [3.63, 3.8) is 0 Å². The highest BCUT2D eigenvalue weighted by molar-refractivity contribution is 7.90. The molecule has 13 heteroatoms. The van der Waals surface area contributed by atoms with Crippen LogP contribution in [0.2, 0.25) is 0 Å². The van der Waals surface area contributed by atoms with E-state index in [2.05, 4.69) is 20.3 Å². The molecule has 1 aliphatic heterocycles. The normalized spacial score (nSPS) is 12.6. The van der Waals surface area contributed by atoms with Crippen LogP contribution >= 0.6 is 0 Å². The lowest BCUT2D eigenvalue weighted by molar-refractivity contribution is 0.0986. The Kier molecular flexibility index (Phi) is 6.27. The number of sulfonamides is 1. The first-order valence-corrected chi connectivity index (χ1v) is 11.5. The number of carbonyl (C=O) groups is 2. The number of nitrogens with zero attached hydrogens (tertiary/aromatic N) is 4. The maximum Gasteiger partial charge on any atom is 0.335 e. The minimum atomic E-state index is -4.44. The van der Waals surface area contributed by atoms with Crippen molar-refractivity contribution in [3.8, 4) is 12.0 Å². The zero-order valence-electron chi connectivity index (χ0n) is 18.2. The van der Waals surface area contributed by atoms with Crippen LogP contribution in [0.15, 0.2) is 53.4 Å². The molecule has 0 saturated carbocycles. The maximum absolute atomic E-state index is 13.3. The van der Waals surface area contributed by atoms with Crippen LogP contribution in [-0.2, 0) is 16.4 Å². The molecule has 34 heavy (non-hydrogen) atoms. The van der Waals surface area contributed by atoms with Gasteiger partial charge in [0.05, 0.1) is 19.8 Å². The van der Waals surface area contributed by atoms with E-state index in [1.807, 2.05) is 22.9 Å². The number of benzene rings is 2. The van der Waals surface area contributed by atoms with Crippen molar-refractivity contribution in [2.24, 2.45) is 0 Å². The summed E-state index contributed by atoms with van der Waals surface area (Å²) in [6.45, 7) is 0.420. The van der Waals surface area contributed by atoms with Gasteiger partial charge in [-0.1, -0.05) is 30.3 Å². The van der Waals surface area contributed by atoms with Gasteiger partial charge in [0.1, 0.15) is 4.90 Å². The van der Waals surface area contributed by atoms with Crippen molar-refractivity contribution in [2.75, 3.05) is 31.0 Å². The smallest absolute Gasteiger partial charge is 0.335 e. The second kappa shape index (κ2) is 9.31. The number of rotatable bonds is 6. The Bertz CT molecular complexity index is 1340. The average Bonchev–Trinajstić information content (AvgIpc) is 3.27. The van der Waals surface area contributed by atoms with Crippen molar-refractivity contribution in [1.29, 1.82) is 0 Å².